The molecule has 24 heavy (non-hydrogen) atoms. The molecule has 1 unspecified atom stereocenters. The van der Waals surface area contributed by atoms with Crippen LogP contribution in [0, 0.1) is 10.5 Å². The number of carbonyl (C=O) groups is 2. The van der Waals surface area contributed by atoms with Gasteiger partial charge in [0.1, 0.15) is 6.04 Å². The van der Waals surface area contributed by atoms with Crippen molar-refractivity contribution in [1.82, 2.24) is 14.5 Å². The molecule has 1 amide bonds. The number of fused-ring (bicyclic) bond motifs is 2. The summed E-state index contributed by atoms with van der Waals surface area (Å²) >= 11 is 2.23. The molecule has 124 valence electrons. The van der Waals surface area contributed by atoms with E-state index in [0.717, 1.165) is 51.0 Å². The summed E-state index contributed by atoms with van der Waals surface area (Å²) < 4.78 is 3.15. The predicted molar refractivity (Wildman–Crippen MR) is 97.7 cm³/mol. The molecule has 1 atom stereocenters. The number of hydrogen-bond acceptors (Lipinski definition) is 3. The van der Waals surface area contributed by atoms with Gasteiger partial charge in [-0.05, 0) is 72.5 Å². The second-order valence-electron chi connectivity index (χ2n) is 6.57. The fraction of sp³-hybridized carbons (Fsp3) is 0.389. The van der Waals surface area contributed by atoms with E-state index >= 15 is 0 Å². The van der Waals surface area contributed by atoms with Gasteiger partial charge in [0.15, 0.2) is 5.78 Å². The second kappa shape index (κ2) is 5.68. The molecule has 4 rings (SSSR count). The minimum Gasteiger partial charge on any atom is -0.334 e. The molecular weight excluding hydrogens is 417 g/mol. The summed E-state index contributed by atoms with van der Waals surface area (Å²) in [6.07, 6.45) is 3.79. The van der Waals surface area contributed by atoms with Gasteiger partial charge in [0.05, 0.1) is 12.0 Å². The van der Waals surface area contributed by atoms with Crippen LogP contribution >= 0.6 is 22.6 Å². The molecule has 0 radical (unpaired) electrons. The Kier molecular flexibility index (Phi) is 3.74. The van der Waals surface area contributed by atoms with Crippen molar-refractivity contribution in [3.05, 3.63) is 50.1 Å². The van der Waals surface area contributed by atoms with Gasteiger partial charge in [0.2, 0.25) is 0 Å². The lowest BCUT2D eigenvalue weighted by Crippen LogP contribution is -2.34. The van der Waals surface area contributed by atoms with E-state index in [2.05, 4.69) is 38.2 Å². The van der Waals surface area contributed by atoms with Crippen molar-refractivity contribution in [3.63, 3.8) is 0 Å². The molecule has 1 aromatic heterocycles. The molecule has 0 saturated carbocycles. The second-order valence-corrected chi connectivity index (χ2v) is 7.81. The molecule has 0 bridgehead atoms. The number of aryl methyl sites for hydroxylation is 2. The zero-order valence-corrected chi connectivity index (χ0v) is 15.8. The van der Waals surface area contributed by atoms with Crippen LogP contribution in [0.15, 0.2) is 18.5 Å². The quantitative estimate of drug-likeness (QED) is 0.697. The number of benzene rings is 1. The lowest BCUT2D eigenvalue weighted by molar-refractivity contribution is -0.121. The Morgan fingerprint density at radius 2 is 2.17 bits per heavy atom. The number of hydrogen-bond donors (Lipinski definition) is 0. The number of halogens is 1. The van der Waals surface area contributed by atoms with Crippen molar-refractivity contribution in [3.8, 4) is 0 Å². The first-order valence-corrected chi connectivity index (χ1v) is 9.19. The van der Waals surface area contributed by atoms with Crippen molar-refractivity contribution in [2.45, 2.75) is 45.8 Å². The fourth-order valence-electron chi connectivity index (χ4n) is 3.87. The molecule has 1 aromatic carbocycles. The van der Waals surface area contributed by atoms with Gasteiger partial charge in [-0.15, -0.1) is 0 Å². The van der Waals surface area contributed by atoms with E-state index in [1.807, 2.05) is 13.0 Å². The number of ketones is 1. The van der Waals surface area contributed by atoms with Crippen LogP contribution in [0.2, 0.25) is 0 Å². The van der Waals surface area contributed by atoms with Crippen LogP contribution in [0.3, 0.4) is 0 Å². The Bertz CT molecular complexity index is 871. The number of rotatable bonds is 3. The molecule has 6 heteroatoms. The molecule has 0 saturated heterocycles. The van der Waals surface area contributed by atoms with E-state index in [4.69, 9.17) is 0 Å². The van der Waals surface area contributed by atoms with Gasteiger partial charge in [-0.2, -0.15) is 0 Å². The minimum atomic E-state index is -0.587. The maximum Gasteiger partial charge on any atom is 0.255 e. The van der Waals surface area contributed by atoms with Crippen molar-refractivity contribution in [2.24, 2.45) is 0 Å². The summed E-state index contributed by atoms with van der Waals surface area (Å²) in [5.41, 5.74) is 4.72. The van der Waals surface area contributed by atoms with E-state index in [9.17, 15) is 9.59 Å². The van der Waals surface area contributed by atoms with Crippen LogP contribution in [-0.4, -0.2) is 26.1 Å². The molecule has 5 nitrogen and oxygen atoms in total. The number of Topliss-reactive ketones (excluding diaryl/α,β-unsaturated/α-hetero) is 1. The number of nitrogens with zero attached hydrogens (tertiary/aromatic N) is 3. The topological polar surface area (TPSA) is 55.2 Å². The third kappa shape index (κ3) is 2.30. The Labute approximate surface area is 154 Å². The SMILES string of the molecule is CC(=O)C(c1ncn2c1CCC2)N1Cc2c(C)cc(I)cc2C1=O. The Morgan fingerprint density at radius 1 is 1.38 bits per heavy atom. The summed E-state index contributed by atoms with van der Waals surface area (Å²) in [6.45, 7) is 5.00. The third-order valence-corrected chi connectivity index (χ3v) is 5.63. The van der Waals surface area contributed by atoms with Crippen LogP contribution in [-0.2, 0) is 24.3 Å². The van der Waals surface area contributed by atoms with Gasteiger partial charge >= 0.3 is 0 Å². The number of aromatic nitrogens is 2. The number of amides is 1. The van der Waals surface area contributed by atoms with Crippen LogP contribution in [0.25, 0.3) is 0 Å². The van der Waals surface area contributed by atoms with Crippen LogP contribution in [0.5, 0.6) is 0 Å². The van der Waals surface area contributed by atoms with Crippen molar-refractivity contribution in [1.29, 1.82) is 0 Å². The number of carbonyl (C=O) groups excluding carboxylic acids is 2. The summed E-state index contributed by atoms with van der Waals surface area (Å²) in [5.74, 6) is -0.0940. The average molecular weight is 435 g/mol. The van der Waals surface area contributed by atoms with Gasteiger partial charge in [-0.3, -0.25) is 9.59 Å². The van der Waals surface area contributed by atoms with Gasteiger partial charge in [0, 0.05) is 27.9 Å². The van der Waals surface area contributed by atoms with Gasteiger partial charge in [-0.1, -0.05) is 0 Å². The Balaban J connectivity index is 1.77. The standard InChI is InChI=1S/C18H18IN3O2/c1-10-6-12(19)7-13-14(10)8-22(18(13)24)17(11(2)23)16-15-4-3-5-21(15)9-20-16/h6-7,9,17H,3-5,8H2,1-2H3. The van der Waals surface area contributed by atoms with Crippen molar-refractivity contribution >= 4 is 34.3 Å². The van der Waals surface area contributed by atoms with Crippen molar-refractivity contribution < 1.29 is 9.59 Å². The zero-order valence-electron chi connectivity index (χ0n) is 13.7. The normalized spacial score (nSPS) is 17.1. The van der Waals surface area contributed by atoms with Crippen molar-refractivity contribution in [2.75, 3.05) is 0 Å². The Morgan fingerprint density at radius 3 is 2.92 bits per heavy atom. The molecule has 2 aliphatic rings. The summed E-state index contributed by atoms with van der Waals surface area (Å²) in [5, 5.41) is 0. The molecule has 2 aromatic rings. The summed E-state index contributed by atoms with van der Waals surface area (Å²) in [4.78, 5) is 31.6. The molecule has 2 aliphatic heterocycles. The maximum atomic E-state index is 13.0. The molecule has 0 fully saturated rings. The summed E-state index contributed by atoms with van der Waals surface area (Å²) in [7, 11) is 0. The maximum absolute atomic E-state index is 13.0. The fourth-order valence-corrected chi connectivity index (χ4v) is 4.65. The Hall–Kier alpha value is -1.70. The van der Waals surface area contributed by atoms with Gasteiger partial charge in [0.25, 0.3) is 5.91 Å². The van der Waals surface area contributed by atoms with E-state index < -0.39 is 6.04 Å². The first kappa shape index (κ1) is 15.8. The van der Waals surface area contributed by atoms with E-state index in [0.29, 0.717) is 6.54 Å². The smallest absolute Gasteiger partial charge is 0.255 e. The zero-order chi connectivity index (χ0) is 17.0. The average Bonchev–Trinajstić information content (AvgIpc) is 3.18. The molecule has 0 aliphatic carbocycles. The number of imidazole rings is 1. The summed E-state index contributed by atoms with van der Waals surface area (Å²) in [6, 6.07) is 3.41. The highest BCUT2D eigenvalue weighted by molar-refractivity contribution is 14.1. The van der Waals surface area contributed by atoms with Gasteiger partial charge in [-0.25, -0.2) is 4.98 Å². The lowest BCUT2D eigenvalue weighted by Gasteiger charge is -2.25. The first-order chi connectivity index (χ1) is 11.5. The van der Waals surface area contributed by atoms with E-state index in [-0.39, 0.29) is 11.7 Å². The van der Waals surface area contributed by atoms with Gasteiger partial charge < -0.3 is 9.47 Å². The van der Waals surface area contributed by atoms with E-state index in [1.165, 1.54) is 0 Å². The minimum absolute atomic E-state index is 0.0306. The highest BCUT2D eigenvalue weighted by Gasteiger charge is 2.39. The molecule has 3 heterocycles. The monoisotopic (exact) mass is 435 g/mol. The van der Waals surface area contributed by atoms with Crippen LogP contribution in [0.1, 0.15) is 52.3 Å². The lowest BCUT2D eigenvalue weighted by atomic mass is 10.0. The first-order valence-electron chi connectivity index (χ1n) is 8.11. The third-order valence-electron chi connectivity index (χ3n) is 5.00. The highest BCUT2D eigenvalue weighted by Crippen LogP contribution is 2.36. The van der Waals surface area contributed by atoms with Crippen LogP contribution < -0.4 is 0 Å². The molecular formula is C18H18IN3O2. The molecule has 0 N–H and O–H groups in total. The highest BCUT2D eigenvalue weighted by atomic mass is 127. The van der Waals surface area contributed by atoms with E-state index in [1.54, 1.807) is 18.2 Å². The predicted octanol–water partition coefficient (Wildman–Crippen LogP) is 3.03. The van der Waals surface area contributed by atoms with Crippen LogP contribution in [0.4, 0.5) is 0 Å². The largest absolute Gasteiger partial charge is 0.334 e. The molecule has 0 spiro atoms.